The number of nitrogens with zero attached hydrogens (tertiary/aromatic N) is 1. The number of ether oxygens (including phenoxy) is 2. The third-order valence-electron chi connectivity index (χ3n) is 5.98. The SMILES string of the molecule is CC1=C[C@H](C)C2(COC(CN3CCCCC3)OC2)[C@@H](C)C1. The Labute approximate surface area is 129 Å². The van der Waals surface area contributed by atoms with E-state index in [1.165, 1.54) is 44.3 Å². The molecular formula is C18H31NO2. The average Bonchev–Trinajstić information content (AvgIpc) is 2.47. The van der Waals surface area contributed by atoms with Gasteiger partial charge in [0.15, 0.2) is 6.29 Å². The number of hydrogen-bond donors (Lipinski definition) is 0. The van der Waals surface area contributed by atoms with Gasteiger partial charge in [0.1, 0.15) is 0 Å². The summed E-state index contributed by atoms with van der Waals surface area (Å²) in [5.74, 6) is 1.20. The van der Waals surface area contributed by atoms with Gasteiger partial charge in [0.2, 0.25) is 0 Å². The maximum atomic E-state index is 6.16. The molecule has 0 amide bonds. The van der Waals surface area contributed by atoms with E-state index in [1.54, 1.807) is 0 Å². The molecule has 3 rings (SSSR count). The van der Waals surface area contributed by atoms with Crippen LogP contribution in [-0.2, 0) is 9.47 Å². The Bertz CT molecular complexity index is 379. The molecule has 2 saturated heterocycles. The Morgan fingerprint density at radius 2 is 1.81 bits per heavy atom. The van der Waals surface area contributed by atoms with Crippen molar-refractivity contribution >= 4 is 0 Å². The van der Waals surface area contributed by atoms with Crippen molar-refractivity contribution in [3.05, 3.63) is 11.6 Å². The Morgan fingerprint density at radius 3 is 2.43 bits per heavy atom. The van der Waals surface area contributed by atoms with Crippen molar-refractivity contribution in [3.8, 4) is 0 Å². The van der Waals surface area contributed by atoms with Gasteiger partial charge < -0.3 is 9.47 Å². The average molecular weight is 293 g/mol. The maximum absolute atomic E-state index is 6.16. The molecule has 3 heteroatoms. The largest absolute Gasteiger partial charge is 0.351 e. The summed E-state index contributed by atoms with van der Waals surface area (Å²) >= 11 is 0. The van der Waals surface area contributed by atoms with Crippen LogP contribution in [0.15, 0.2) is 11.6 Å². The summed E-state index contributed by atoms with van der Waals surface area (Å²) < 4.78 is 12.3. The first kappa shape index (κ1) is 15.5. The molecule has 0 aromatic heterocycles. The Morgan fingerprint density at radius 1 is 1.14 bits per heavy atom. The fourth-order valence-electron chi connectivity index (χ4n) is 4.39. The zero-order chi connectivity index (χ0) is 14.9. The van der Waals surface area contributed by atoms with Crippen LogP contribution in [0.25, 0.3) is 0 Å². The zero-order valence-electron chi connectivity index (χ0n) is 13.9. The fraction of sp³-hybridized carbons (Fsp3) is 0.889. The van der Waals surface area contributed by atoms with Crippen LogP contribution < -0.4 is 0 Å². The van der Waals surface area contributed by atoms with Gasteiger partial charge >= 0.3 is 0 Å². The van der Waals surface area contributed by atoms with E-state index in [9.17, 15) is 0 Å². The van der Waals surface area contributed by atoms with Gasteiger partial charge in [-0.1, -0.05) is 31.9 Å². The monoisotopic (exact) mass is 293 g/mol. The third-order valence-corrected chi connectivity index (χ3v) is 5.98. The van der Waals surface area contributed by atoms with Crippen molar-refractivity contribution in [1.29, 1.82) is 0 Å². The van der Waals surface area contributed by atoms with E-state index < -0.39 is 0 Å². The molecule has 1 spiro atoms. The summed E-state index contributed by atoms with van der Waals surface area (Å²) in [6.45, 7) is 12.0. The van der Waals surface area contributed by atoms with Gasteiger partial charge in [-0.05, 0) is 51.1 Å². The minimum absolute atomic E-state index is 0.0138. The summed E-state index contributed by atoms with van der Waals surface area (Å²) in [4.78, 5) is 2.50. The maximum Gasteiger partial charge on any atom is 0.170 e. The highest BCUT2D eigenvalue weighted by Crippen LogP contribution is 2.46. The van der Waals surface area contributed by atoms with Crippen molar-refractivity contribution in [1.82, 2.24) is 4.90 Å². The van der Waals surface area contributed by atoms with Gasteiger partial charge in [-0.25, -0.2) is 0 Å². The standard InChI is InChI=1S/C18H31NO2/c1-14-9-15(2)18(16(3)10-14)12-20-17(21-13-18)11-19-7-5-4-6-8-19/h9,15-17H,4-8,10-13H2,1-3H3/t15-,16-,17?,18?/m0/s1. The summed E-state index contributed by atoms with van der Waals surface area (Å²) in [6.07, 6.45) is 7.64. The molecule has 0 aromatic carbocycles. The minimum atomic E-state index is -0.0138. The van der Waals surface area contributed by atoms with Gasteiger partial charge in [-0.2, -0.15) is 0 Å². The van der Waals surface area contributed by atoms with Crippen molar-refractivity contribution in [3.63, 3.8) is 0 Å². The minimum Gasteiger partial charge on any atom is -0.351 e. The molecule has 3 aliphatic rings. The highest BCUT2D eigenvalue weighted by Gasteiger charge is 2.46. The molecule has 3 nitrogen and oxygen atoms in total. The van der Waals surface area contributed by atoms with Gasteiger partial charge in [0.05, 0.1) is 13.2 Å². The molecule has 1 aliphatic carbocycles. The molecular weight excluding hydrogens is 262 g/mol. The third kappa shape index (κ3) is 3.20. The number of allylic oxidation sites excluding steroid dienone is 2. The van der Waals surface area contributed by atoms with Gasteiger partial charge in [-0.15, -0.1) is 0 Å². The lowest BCUT2D eigenvalue weighted by atomic mass is 9.63. The molecule has 0 N–H and O–H groups in total. The van der Waals surface area contributed by atoms with E-state index >= 15 is 0 Å². The number of likely N-dealkylation sites (tertiary alicyclic amines) is 1. The van der Waals surface area contributed by atoms with Crippen molar-refractivity contribution in [2.45, 2.75) is 52.7 Å². The lowest BCUT2D eigenvalue weighted by Gasteiger charge is -2.50. The summed E-state index contributed by atoms with van der Waals surface area (Å²) in [5, 5.41) is 0. The van der Waals surface area contributed by atoms with E-state index in [4.69, 9.17) is 9.47 Å². The summed E-state index contributed by atoms with van der Waals surface area (Å²) in [6, 6.07) is 0. The predicted molar refractivity (Wildman–Crippen MR) is 85.1 cm³/mol. The highest BCUT2D eigenvalue weighted by atomic mass is 16.7. The molecule has 2 aliphatic heterocycles. The molecule has 0 aromatic rings. The van der Waals surface area contributed by atoms with Crippen molar-refractivity contribution < 1.29 is 9.47 Å². The smallest absolute Gasteiger partial charge is 0.170 e. The topological polar surface area (TPSA) is 21.7 Å². The molecule has 0 unspecified atom stereocenters. The van der Waals surface area contributed by atoms with E-state index in [-0.39, 0.29) is 11.7 Å². The van der Waals surface area contributed by atoms with Crippen LogP contribution >= 0.6 is 0 Å². The second-order valence-electron chi connectivity index (χ2n) is 7.55. The molecule has 2 atom stereocenters. The number of rotatable bonds is 2. The first-order valence-electron chi connectivity index (χ1n) is 8.73. The van der Waals surface area contributed by atoms with E-state index in [0.29, 0.717) is 11.8 Å². The van der Waals surface area contributed by atoms with Crippen LogP contribution in [0.3, 0.4) is 0 Å². The van der Waals surface area contributed by atoms with Crippen LogP contribution in [0.4, 0.5) is 0 Å². The summed E-state index contributed by atoms with van der Waals surface area (Å²) in [7, 11) is 0. The quantitative estimate of drug-likeness (QED) is 0.728. The molecule has 21 heavy (non-hydrogen) atoms. The van der Waals surface area contributed by atoms with Gasteiger partial charge in [0, 0.05) is 12.0 Å². The lowest BCUT2D eigenvalue weighted by molar-refractivity contribution is -0.254. The first-order valence-corrected chi connectivity index (χ1v) is 8.73. The fourth-order valence-corrected chi connectivity index (χ4v) is 4.39. The second kappa shape index (κ2) is 6.39. The van der Waals surface area contributed by atoms with Crippen LogP contribution in [0, 0.1) is 17.3 Å². The molecule has 2 heterocycles. The molecule has 0 radical (unpaired) electrons. The molecule has 0 bridgehead atoms. The molecule has 2 fully saturated rings. The summed E-state index contributed by atoms with van der Waals surface area (Å²) in [5.41, 5.74) is 1.72. The van der Waals surface area contributed by atoms with Gasteiger partial charge in [-0.3, -0.25) is 4.90 Å². The number of piperidine rings is 1. The van der Waals surface area contributed by atoms with Gasteiger partial charge in [0.25, 0.3) is 0 Å². The molecule has 120 valence electrons. The second-order valence-corrected chi connectivity index (χ2v) is 7.55. The first-order chi connectivity index (χ1) is 10.1. The molecule has 0 saturated carbocycles. The Hall–Kier alpha value is -0.380. The Kier molecular flexibility index (Phi) is 4.72. The predicted octanol–water partition coefficient (Wildman–Crippen LogP) is 3.45. The Balaban J connectivity index is 1.56. The van der Waals surface area contributed by atoms with Crippen molar-refractivity contribution in [2.24, 2.45) is 17.3 Å². The zero-order valence-corrected chi connectivity index (χ0v) is 13.9. The van der Waals surface area contributed by atoms with Crippen LogP contribution in [0.2, 0.25) is 0 Å². The number of hydrogen-bond acceptors (Lipinski definition) is 3. The van der Waals surface area contributed by atoms with Crippen LogP contribution in [0.1, 0.15) is 46.5 Å². The lowest BCUT2D eigenvalue weighted by Crippen LogP contribution is -2.53. The van der Waals surface area contributed by atoms with E-state index in [0.717, 1.165) is 19.8 Å². The highest BCUT2D eigenvalue weighted by molar-refractivity contribution is 5.13. The van der Waals surface area contributed by atoms with Crippen LogP contribution in [-0.4, -0.2) is 44.0 Å². The van der Waals surface area contributed by atoms with Crippen molar-refractivity contribution in [2.75, 3.05) is 32.8 Å². The van der Waals surface area contributed by atoms with E-state index in [1.807, 2.05) is 0 Å². The van der Waals surface area contributed by atoms with Crippen LogP contribution in [0.5, 0.6) is 0 Å². The van der Waals surface area contributed by atoms with E-state index in [2.05, 4.69) is 31.7 Å². The normalized spacial score (nSPS) is 42.0.